The lowest BCUT2D eigenvalue weighted by molar-refractivity contribution is 1.09. The summed E-state index contributed by atoms with van der Waals surface area (Å²) in [7, 11) is 1.82. The van der Waals surface area contributed by atoms with Crippen molar-refractivity contribution in [3.63, 3.8) is 0 Å². The summed E-state index contributed by atoms with van der Waals surface area (Å²) in [5, 5.41) is 12.6. The highest BCUT2D eigenvalue weighted by Crippen LogP contribution is 2.26. The van der Waals surface area contributed by atoms with E-state index >= 15 is 0 Å². The lowest BCUT2D eigenvalue weighted by Crippen LogP contribution is -1.84. The molecule has 0 fully saturated rings. The number of hydrogen-bond acceptors (Lipinski definition) is 5. The van der Waals surface area contributed by atoms with Gasteiger partial charge in [-0.3, -0.25) is 4.98 Å². The van der Waals surface area contributed by atoms with Crippen molar-refractivity contribution in [2.24, 2.45) is 0 Å². The van der Waals surface area contributed by atoms with Crippen LogP contribution in [0.2, 0.25) is 0 Å². The fourth-order valence-electron chi connectivity index (χ4n) is 0.970. The van der Waals surface area contributed by atoms with Crippen LogP contribution in [0, 0.1) is 0 Å². The Labute approximate surface area is 93.5 Å². The van der Waals surface area contributed by atoms with Gasteiger partial charge in [0.25, 0.3) is 0 Å². The first kappa shape index (κ1) is 9.54. The molecule has 0 aliphatic rings. The normalized spacial score (nSPS) is 10.1. The van der Waals surface area contributed by atoms with E-state index in [4.69, 9.17) is 0 Å². The van der Waals surface area contributed by atoms with Gasteiger partial charge >= 0.3 is 0 Å². The van der Waals surface area contributed by atoms with E-state index in [1.807, 2.05) is 13.1 Å². The molecule has 14 heavy (non-hydrogen) atoms. The molecule has 6 heteroatoms. The molecule has 1 N–H and O–H groups in total. The van der Waals surface area contributed by atoms with Crippen molar-refractivity contribution in [3.8, 4) is 10.6 Å². The summed E-state index contributed by atoms with van der Waals surface area (Å²) < 4.78 is 0.941. The number of nitrogens with zero attached hydrogens (tertiary/aromatic N) is 3. The zero-order chi connectivity index (χ0) is 9.97. The van der Waals surface area contributed by atoms with Gasteiger partial charge < -0.3 is 5.32 Å². The molecule has 4 nitrogen and oxygen atoms in total. The van der Waals surface area contributed by atoms with Crippen LogP contribution in [-0.4, -0.2) is 22.2 Å². The number of pyridine rings is 1. The molecule has 0 unspecified atom stereocenters. The van der Waals surface area contributed by atoms with Crippen LogP contribution >= 0.6 is 27.3 Å². The van der Waals surface area contributed by atoms with Gasteiger partial charge in [0.05, 0.1) is 0 Å². The molecule has 0 aliphatic carbocycles. The predicted molar refractivity (Wildman–Crippen MR) is 60.4 cm³/mol. The molecule has 2 aromatic heterocycles. The largest absolute Gasteiger partial charge is 0.363 e. The van der Waals surface area contributed by atoms with E-state index in [-0.39, 0.29) is 0 Å². The van der Waals surface area contributed by atoms with Gasteiger partial charge in [-0.25, -0.2) is 0 Å². The molecule has 0 saturated heterocycles. The first-order chi connectivity index (χ1) is 6.79. The predicted octanol–water partition coefficient (Wildman–Crippen LogP) is 2.40. The van der Waals surface area contributed by atoms with Crippen LogP contribution in [0.3, 0.4) is 0 Å². The van der Waals surface area contributed by atoms with Crippen LogP contribution in [0.15, 0.2) is 22.9 Å². The summed E-state index contributed by atoms with van der Waals surface area (Å²) in [4.78, 5) is 4.07. The molecule has 2 heterocycles. The zero-order valence-electron chi connectivity index (χ0n) is 7.36. The van der Waals surface area contributed by atoms with Crippen LogP contribution in [-0.2, 0) is 0 Å². The fourth-order valence-corrected chi connectivity index (χ4v) is 2.01. The Balaban J connectivity index is 2.39. The standard InChI is InChI=1S/C8H7BrN4S/c1-10-8-13-12-7(14-8)5-2-6(9)4-11-3-5/h2-4H,1H3,(H,10,13). The lowest BCUT2D eigenvalue weighted by atomic mass is 10.3. The molecular formula is C8H7BrN4S. The first-order valence-corrected chi connectivity index (χ1v) is 5.53. The summed E-state index contributed by atoms with van der Waals surface area (Å²) >= 11 is 4.86. The maximum absolute atomic E-state index is 4.07. The fraction of sp³-hybridized carbons (Fsp3) is 0.125. The second-order valence-corrected chi connectivity index (χ2v) is 4.45. The number of rotatable bonds is 2. The van der Waals surface area contributed by atoms with Gasteiger partial charge in [-0.05, 0) is 22.0 Å². The molecule has 0 spiro atoms. The van der Waals surface area contributed by atoms with Crippen molar-refractivity contribution in [2.45, 2.75) is 0 Å². The molecule has 0 radical (unpaired) electrons. The highest BCUT2D eigenvalue weighted by molar-refractivity contribution is 9.10. The third kappa shape index (κ3) is 1.91. The van der Waals surface area contributed by atoms with Crippen LogP contribution in [0.4, 0.5) is 5.13 Å². The van der Waals surface area contributed by atoms with Gasteiger partial charge in [0.2, 0.25) is 5.13 Å². The van der Waals surface area contributed by atoms with E-state index in [9.17, 15) is 0 Å². The van der Waals surface area contributed by atoms with Crippen molar-refractivity contribution in [1.82, 2.24) is 15.2 Å². The summed E-state index contributed by atoms with van der Waals surface area (Å²) in [6.07, 6.45) is 3.51. The molecule has 2 aromatic rings. The van der Waals surface area contributed by atoms with E-state index < -0.39 is 0 Å². The smallest absolute Gasteiger partial charge is 0.205 e. The Bertz CT molecular complexity index is 442. The second kappa shape index (κ2) is 4.02. The quantitative estimate of drug-likeness (QED) is 0.911. The Morgan fingerprint density at radius 2 is 2.21 bits per heavy atom. The minimum absolute atomic E-state index is 0.806. The third-order valence-electron chi connectivity index (χ3n) is 1.59. The van der Waals surface area contributed by atoms with E-state index in [2.05, 4.69) is 36.4 Å². The molecule has 0 bridgehead atoms. The van der Waals surface area contributed by atoms with Crippen molar-refractivity contribution in [2.75, 3.05) is 12.4 Å². The van der Waals surface area contributed by atoms with Gasteiger partial charge in [0.1, 0.15) is 0 Å². The van der Waals surface area contributed by atoms with Crippen LogP contribution in [0.25, 0.3) is 10.6 Å². The Kier molecular flexibility index (Phi) is 2.74. The van der Waals surface area contributed by atoms with Gasteiger partial charge in [-0.15, -0.1) is 10.2 Å². The summed E-state index contributed by atoms with van der Waals surface area (Å²) in [6, 6.07) is 1.97. The van der Waals surface area contributed by atoms with Gasteiger partial charge in [0, 0.05) is 29.5 Å². The second-order valence-electron chi connectivity index (χ2n) is 2.55. The lowest BCUT2D eigenvalue weighted by Gasteiger charge is -1.94. The maximum atomic E-state index is 4.07. The number of nitrogens with one attached hydrogen (secondary N) is 1. The van der Waals surface area contributed by atoms with Crippen LogP contribution in [0.5, 0.6) is 0 Å². The number of aromatic nitrogens is 3. The highest BCUT2D eigenvalue weighted by atomic mass is 79.9. The van der Waals surface area contributed by atoms with Crippen molar-refractivity contribution >= 4 is 32.4 Å². The Morgan fingerprint density at radius 1 is 1.36 bits per heavy atom. The number of anilines is 1. The molecule has 0 amide bonds. The van der Waals surface area contributed by atoms with Crippen LogP contribution in [0.1, 0.15) is 0 Å². The third-order valence-corrected chi connectivity index (χ3v) is 3.01. The van der Waals surface area contributed by atoms with Gasteiger partial charge in [0.15, 0.2) is 5.01 Å². The van der Waals surface area contributed by atoms with Crippen molar-refractivity contribution in [3.05, 3.63) is 22.9 Å². The maximum Gasteiger partial charge on any atom is 0.205 e. The van der Waals surface area contributed by atoms with E-state index in [0.717, 1.165) is 20.2 Å². The average Bonchev–Trinajstić information content (AvgIpc) is 2.66. The van der Waals surface area contributed by atoms with Crippen LogP contribution < -0.4 is 5.32 Å². The SMILES string of the molecule is CNc1nnc(-c2cncc(Br)c2)s1. The average molecular weight is 271 g/mol. The first-order valence-electron chi connectivity index (χ1n) is 3.92. The topological polar surface area (TPSA) is 50.7 Å². The van der Waals surface area contributed by atoms with E-state index in [1.165, 1.54) is 11.3 Å². The van der Waals surface area contributed by atoms with Gasteiger partial charge in [-0.2, -0.15) is 0 Å². The van der Waals surface area contributed by atoms with E-state index in [0.29, 0.717) is 0 Å². The van der Waals surface area contributed by atoms with E-state index in [1.54, 1.807) is 12.4 Å². The monoisotopic (exact) mass is 270 g/mol. The minimum Gasteiger partial charge on any atom is -0.363 e. The molecule has 0 aliphatic heterocycles. The molecule has 0 atom stereocenters. The molecule has 72 valence electrons. The van der Waals surface area contributed by atoms with Crippen molar-refractivity contribution in [1.29, 1.82) is 0 Å². The molecule has 2 rings (SSSR count). The Hall–Kier alpha value is -1.01. The summed E-state index contributed by atoms with van der Waals surface area (Å²) in [5.74, 6) is 0. The number of halogens is 1. The number of hydrogen-bond donors (Lipinski definition) is 1. The van der Waals surface area contributed by atoms with Gasteiger partial charge in [-0.1, -0.05) is 11.3 Å². The van der Waals surface area contributed by atoms with Crippen molar-refractivity contribution < 1.29 is 0 Å². The minimum atomic E-state index is 0.806. The Morgan fingerprint density at radius 3 is 2.86 bits per heavy atom. The molecule has 0 saturated carbocycles. The highest BCUT2D eigenvalue weighted by Gasteiger charge is 2.05. The summed E-state index contributed by atoms with van der Waals surface area (Å²) in [6.45, 7) is 0. The molecule has 0 aromatic carbocycles. The molecular weight excluding hydrogens is 264 g/mol. The summed E-state index contributed by atoms with van der Waals surface area (Å²) in [5.41, 5.74) is 0.971. The zero-order valence-corrected chi connectivity index (χ0v) is 9.76.